The SMILES string of the molecule is COC(=O)c1ccc(CN2CCN(C)C(CCO)C2)cc1. The van der Waals surface area contributed by atoms with Gasteiger partial charge < -0.3 is 14.7 Å². The molecule has 1 unspecified atom stereocenters. The fourth-order valence-electron chi connectivity index (χ4n) is 2.74. The first-order valence-corrected chi connectivity index (χ1v) is 7.34. The lowest BCUT2D eigenvalue weighted by Gasteiger charge is -2.39. The number of aliphatic hydroxyl groups excluding tert-OH is 1. The minimum atomic E-state index is -0.302. The Morgan fingerprint density at radius 2 is 2.05 bits per heavy atom. The van der Waals surface area contributed by atoms with E-state index in [4.69, 9.17) is 9.84 Å². The van der Waals surface area contributed by atoms with Gasteiger partial charge >= 0.3 is 5.97 Å². The summed E-state index contributed by atoms with van der Waals surface area (Å²) >= 11 is 0. The molecule has 0 radical (unpaired) electrons. The number of esters is 1. The molecular formula is C16H24N2O3. The Balaban J connectivity index is 1.93. The predicted molar refractivity (Wildman–Crippen MR) is 81.2 cm³/mol. The molecule has 1 aliphatic heterocycles. The molecule has 21 heavy (non-hydrogen) atoms. The highest BCUT2D eigenvalue weighted by Gasteiger charge is 2.23. The van der Waals surface area contributed by atoms with Crippen molar-refractivity contribution in [2.45, 2.75) is 19.0 Å². The summed E-state index contributed by atoms with van der Waals surface area (Å²) in [7, 11) is 3.50. The van der Waals surface area contributed by atoms with E-state index in [9.17, 15) is 4.79 Å². The van der Waals surface area contributed by atoms with Crippen molar-refractivity contribution in [3.63, 3.8) is 0 Å². The maximum absolute atomic E-state index is 11.4. The van der Waals surface area contributed by atoms with Crippen LogP contribution in [0.5, 0.6) is 0 Å². The largest absolute Gasteiger partial charge is 0.465 e. The van der Waals surface area contributed by atoms with E-state index in [-0.39, 0.29) is 12.6 Å². The second kappa shape index (κ2) is 7.54. The molecule has 116 valence electrons. The zero-order valence-corrected chi connectivity index (χ0v) is 12.8. The van der Waals surface area contributed by atoms with E-state index in [0.717, 1.165) is 32.6 Å². The molecule has 1 aromatic rings. The third-order valence-corrected chi connectivity index (χ3v) is 4.10. The Bertz CT molecular complexity index is 461. The number of carbonyl (C=O) groups excluding carboxylic acids is 1. The van der Waals surface area contributed by atoms with Gasteiger partial charge in [0.15, 0.2) is 0 Å². The van der Waals surface area contributed by atoms with Gasteiger partial charge in [-0.25, -0.2) is 4.79 Å². The maximum Gasteiger partial charge on any atom is 0.337 e. The van der Waals surface area contributed by atoms with E-state index in [0.29, 0.717) is 11.6 Å². The van der Waals surface area contributed by atoms with E-state index in [1.54, 1.807) is 0 Å². The third-order valence-electron chi connectivity index (χ3n) is 4.10. The molecule has 1 N–H and O–H groups in total. The van der Waals surface area contributed by atoms with Crippen LogP contribution in [0.4, 0.5) is 0 Å². The second-order valence-electron chi connectivity index (χ2n) is 5.57. The highest BCUT2D eigenvalue weighted by Crippen LogP contribution is 2.14. The molecule has 0 saturated carbocycles. The number of nitrogens with zero attached hydrogens (tertiary/aromatic N) is 2. The number of rotatable bonds is 5. The molecule has 1 saturated heterocycles. The lowest BCUT2D eigenvalue weighted by Crippen LogP contribution is -2.51. The summed E-state index contributed by atoms with van der Waals surface area (Å²) in [5, 5.41) is 9.13. The van der Waals surface area contributed by atoms with Crippen LogP contribution in [-0.4, -0.2) is 67.3 Å². The number of methoxy groups -OCH3 is 1. The average Bonchev–Trinajstić information content (AvgIpc) is 2.51. The van der Waals surface area contributed by atoms with Crippen molar-refractivity contribution in [1.29, 1.82) is 0 Å². The zero-order valence-electron chi connectivity index (χ0n) is 12.8. The summed E-state index contributed by atoms with van der Waals surface area (Å²) in [6.07, 6.45) is 0.814. The topological polar surface area (TPSA) is 53.0 Å². The minimum Gasteiger partial charge on any atom is -0.465 e. The van der Waals surface area contributed by atoms with Gasteiger partial charge in [0.1, 0.15) is 0 Å². The van der Waals surface area contributed by atoms with E-state index in [2.05, 4.69) is 16.8 Å². The lowest BCUT2D eigenvalue weighted by molar-refractivity contribution is 0.0600. The molecule has 5 nitrogen and oxygen atoms in total. The first-order valence-electron chi connectivity index (χ1n) is 7.34. The molecule has 0 bridgehead atoms. The van der Waals surface area contributed by atoms with Gasteiger partial charge in [-0.15, -0.1) is 0 Å². The molecule has 0 aromatic heterocycles. The van der Waals surface area contributed by atoms with Gasteiger partial charge in [0, 0.05) is 38.8 Å². The number of likely N-dealkylation sites (N-methyl/N-ethyl adjacent to an activating group) is 1. The summed E-state index contributed by atoms with van der Waals surface area (Å²) in [6, 6.07) is 7.99. The molecule has 1 fully saturated rings. The van der Waals surface area contributed by atoms with Crippen LogP contribution in [-0.2, 0) is 11.3 Å². The highest BCUT2D eigenvalue weighted by molar-refractivity contribution is 5.89. The molecular weight excluding hydrogens is 268 g/mol. The molecule has 1 atom stereocenters. The number of hydrogen-bond acceptors (Lipinski definition) is 5. The van der Waals surface area contributed by atoms with E-state index in [1.165, 1.54) is 12.7 Å². The number of benzene rings is 1. The molecule has 1 aliphatic rings. The Kier molecular flexibility index (Phi) is 5.73. The quantitative estimate of drug-likeness (QED) is 0.820. The maximum atomic E-state index is 11.4. The second-order valence-corrected chi connectivity index (χ2v) is 5.57. The molecule has 0 spiro atoms. The monoisotopic (exact) mass is 292 g/mol. The minimum absolute atomic E-state index is 0.233. The lowest BCUT2D eigenvalue weighted by atomic mass is 10.1. The van der Waals surface area contributed by atoms with Crippen LogP contribution < -0.4 is 0 Å². The van der Waals surface area contributed by atoms with Crippen LogP contribution in [0, 0.1) is 0 Å². The first kappa shape index (κ1) is 15.9. The molecule has 0 aliphatic carbocycles. The normalized spacial score (nSPS) is 20.4. The van der Waals surface area contributed by atoms with Crippen molar-refractivity contribution in [2.75, 3.05) is 40.4 Å². The highest BCUT2D eigenvalue weighted by atomic mass is 16.5. The van der Waals surface area contributed by atoms with Gasteiger partial charge in [-0.05, 0) is 31.2 Å². The fraction of sp³-hybridized carbons (Fsp3) is 0.562. The molecule has 1 aromatic carbocycles. The molecule has 0 amide bonds. The number of carbonyl (C=O) groups is 1. The number of ether oxygens (including phenoxy) is 1. The van der Waals surface area contributed by atoms with E-state index >= 15 is 0 Å². The number of piperazine rings is 1. The van der Waals surface area contributed by atoms with Gasteiger partial charge in [-0.3, -0.25) is 4.90 Å². The molecule has 2 rings (SSSR count). The molecule has 5 heteroatoms. The summed E-state index contributed by atoms with van der Waals surface area (Å²) < 4.78 is 4.70. The van der Waals surface area contributed by atoms with Crippen LogP contribution in [0.25, 0.3) is 0 Å². The summed E-state index contributed by atoms with van der Waals surface area (Å²) in [4.78, 5) is 16.1. The van der Waals surface area contributed by atoms with E-state index < -0.39 is 0 Å². The van der Waals surface area contributed by atoms with Gasteiger partial charge in [0.25, 0.3) is 0 Å². The van der Waals surface area contributed by atoms with Crippen LogP contribution in [0.2, 0.25) is 0 Å². The third kappa shape index (κ3) is 4.27. The van der Waals surface area contributed by atoms with Crippen molar-refractivity contribution in [3.8, 4) is 0 Å². The Morgan fingerprint density at radius 1 is 1.33 bits per heavy atom. The zero-order chi connectivity index (χ0) is 15.2. The van der Waals surface area contributed by atoms with Gasteiger partial charge in [-0.1, -0.05) is 12.1 Å². The predicted octanol–water partition coefficient (Wildman–Crippen LogP) is 0.972. The summed E-state index contributed by atoms with van der Waals surface area (Å²) in [5.74, 6) is -0.302. The summed E-state index contributed by atoms with van der Waals surface area (Å²) in [6.45, 7) is 4.12. The van der Waals surface area contributed by atoms with Crippen LogP contribution in [0.15, 0.2) is 24.3 Å². The number of hydrogen-bond donors (Lipinski definition) is 1. The van der Waals surface area contributed by atoms with Crippen LogP contribution in [0.1, 0.15) is 22.3 Å². The van der Waals surface area contributed by atoms with Gasteiger partial charge in [-0.2, -0.15) is 0 Å². The number of aliphatic hydroxyl groups is 1. The van der Waals surface area contributed by atoms with Crippen LogP contribution in [0.3, 0.4) is 0 Å². The van der Waals surface area contributed by atoms with Crippen molar-refractivity contribution < 1.29 is 14.6 Å². The van der Waals surface area contributed by atoms with Crippen molar-refractivity contribution in [2.24, 2.45) is 0 Å². The Morgan fingerprint density at radius 3 is 2.67 bits per heavy atom. The van der Waals surface area contributed by atoms with Crippen LogP contribution >= 0.6 is 0 Å². The van der Waals surface area contributed by atoms with Crippen molar-refractivity contribution >= 4 is 5.97 Å². The fourth-order valence-corrected chi connectivity index (χ4v) is 2.74. The van der Waals surface area contributed by atoms with E-state index in [1.807, 2.05) is 24.3 Å². The average molecular weight is 292 g/mol. The van der Waals surface area contributed by atoms with Gasteiger partial charge in [0.2, 0.25) is 0 Å². The Labute approximate surface area is 126 Å². The van der Waals surface area contributed by atoms with Gasteiger partial charge in [0.05, 0.1) is 12.7 Å². The first-order chi connectivity index (χ1) is 10.1. The smallest absolute Gasteiger partial charge is 0.337 e. The standard InChI is InChI=1S/C16H24N2O3/c1-17-8-9-18(12-15(17)7-10-19)11-13-3-5-14(6-4-13)16(20)21-2/h3-6,15,19H,7-12H2,1-2H3. The summed E-state index contributed by atoms with van der Waals surface area (Å²) in [5.41, 5.74) is 1.77. The van der Waals surface area contributed by atoms with Crippen molar-refractivity contribution in [1.82, 2.24) is 9.80 Å². The Hall–Kier alpha value is -1.43. The molecule has 1 heterocycles. The van der Waals surface area contributed by atoms with Crippen molar-refractivity contribution in [3.05, 3.63) is 35.4 Å².